The minimum Gasteiger partial charge on any atom is -0.483 e. The van der Waals surface area contributed by atoms with Gasteiger partial charge in [-0.3, -0.25) is 14.9 Å². The zero-order valence-corrected chi connectivity index (χ0v) is 23.3. The van der Waals surface area contributed by atoms with Crippen LogP contribution in [0.3, 0.4) is 0 Å². The van der Waals surface area contributed by atoms with Gasteiger partial charge < -0.3 is 9.47 Å². The summed E-state index contributed by atoms with van der Waals surface area (Å²) in [5.41, 5.74) is 4.42. The van der Waals surface area contributed by atoms with Crippen molar-refractivity contribution in [2.24, 2.45) is 5.10 Å². The minimum atomic E-state index is -0.673. The third-order valence-corrected chi connectivity index (χ3v) is 6.20. The third kappa shape index (κ3) is 7.70. The number of aryl methyl sites for hydroxylation is 1. The van der Waals surface area contributed by atoms with Crippen molar-refractivity contribution in [1.29, 1.82) is 0 Å². The molecule has 0 bridgehead atoms. The lowest BCUT2D eigenvalue weighted by molar-refractivity contribution is -0.385. The number of halogens is 2. The van der Waals surface area contributed by atoms with E-state index >= 15 is 0 Å². The second-order valence-corrected chi connectivity index (χ2v) is 10.0. The highest BCUT2D eigenvalue weighted by molar-refractivity contribution is 9.10. The minimum absolute atomic E-state index is 0.00843. The highest BCUT2D eigenvalue weighted by Crippen LogP contribution is 2.33. The van der Waals surface area contributed by atoms with E-state index in [2.05, 4.69) is 42.4 Å². The smallest absolute Gasteiger partial charge is 0.343 e. The molecule has 3 aromatic rings. The Balaban J connectivity index is 1.75. The lowest BCUT2D eigenvalue weighted by atomic mass is 10.0. The average Bonchev–Trinajstić information content (AvgIpc) is 2.84. The number of hydrogen-bond acceptors (Lipinski definition) is 7. The van der Waals surface area contributed by atoms with Crippen molar-refractivity contribution in [1.82, 2.24) is 5.43 Å². The molecule has 0 atom stereocenters. The number of carbonyl (C=O) groups excluding carboxylic acids is 2. The molecule has 37 heavy (non-hydrogen) atoms. The van der Waals surface area contributed by atoms with Crippen LogP contribution in [0.15, 0.2) is 68.6 Å². The van der Waals surface area contributed by atoms with Gasteiger partial charge in [0.1, 0.15) is 5.75 Å². The molecule has 0 heterocycles. The second kappa shape index (κ2) is 12.6. The number of hydrogen-bond donors (Lipinski definition) is 1. The van der Waals surface area contributed by atoms with Crippen LogP contribution in [0.2, 0.25) is 0 Å². The molecule has 1 amide bonds. The molecule has 9 nitrogen and oxygen atoms in total. The van der Waals surface area contributed by atoms with Gasteiger partial charge in [0, 0.05) is 22.2 Å². The number of nitro groups is 1. The Morgan fingerprint density at radius 3 is 2.46 bits per heavy atom. The van der Waals surface area contributed by atoms with Crippen molar-refractivity contribution in [2.75, 3.05) is 6.61 Å². The molecule has 0 saturated heterocycles. The molecule has 0 unspecified atom stereocenters. The van der Waals surface area contributed by atoms with E-state index in [1.165, 1.54) is 12.1 Å². The zero-order chi connectivity index (χ0) is 27.1. The van der Waals surface area contributed by atoms with E-state index in [-0.39, 0.29) is 39.6 Å². The maximum atomic E-state index is 12.6. The van der Waals surface area contributed by atoms with Crippen LogP contribution in [-0.2, 0) is 4.79 Å². The van der Waals surface area contributed by atoms with Gasteiger partial charge in [-0.2, -0.15) is 5.10 Å². The summed E-state index contributed by atoms with van der Waals surface area (Å²) in [7, 11) is 0. The molecule has 0 saturated carbocycles. The SMILES string of the molecule is Cc1ccc(C(C)C)c(OCC(=O)N/N=C/c2cc([N+](=O)[O-])cc(Br)c2OC(=O)c2ccc(Br)cc2)c1. The topological polar surface area (TPSA) is 120 Å². The summed E-state index contributed by atoms with van der Waals surface area (Å²) in [6.45, 7) is 5.70. The molecular weight excluding hydrogens is 610 g/mol. The first-order chi connectivity index (χ1) is 17.5. The number of rotatable bonds is 9. The van der Waals surface area contributed by atoms with E-state index in [0.29, 0.717) is 5.75 Å². The maximum absolute atomic E-state index is 12.6. The maximum Gasteiger partial charge on any atom is 0.343 e. The van der Waals surface area contributed by atoms with E-state index in [1.807, 2.05) is 39.0 Å². The summed E-state index contributed by atoms with van der Waals surface area (Å²) in [5, 5.41) is 15.2. The van der Waals surface area contributed by atoms with Gasteiger partial charge in [0.05, 0.1) is 21.2 Å². The quantitative estimate of drug-likeness (QED) is 0.0972. The number of hydrazone groups is 1. The predicted octanol–water partition coefficient (Wildman–Crippen LogP) is 6.30. The Morgan fingerprint density at radius 1 is 1.11 bits per heavy atom. The second-order valence-electron chi connectivity index (χ2n) is 8.28. The van der Waals surface area contributed by atoms with Gasteiger partial charge >= 0.3 is 5.97 Å². The fraction of sp³-hybridized carbons (Fsp3) is 0.192. The first-order valence-electron chi connectivity index (χ1n) is 11.1. The summed E-state index contributed by atoms with van der Waals surface area (Å²) in [4.78, 5) is 35.7. The molecule has 0 aliphatic rings. The highest BCUT2D eigenvalue weighted by atomic mass is 79.9. The number of amides is 1. The lowest BCUT2D eigenvalue weighted by Crippen LogP contribution is -2.25. The summed E-state index contributed by atoms with van der Waals surface area (Å²) in [5.74, 6) is -0.380. The fourth-order valence-corrected chi connectivity index (χ4v) is 4.05. The number of esters is 1. The van der Waals surface area contributed by atoms with Crippen LogP contribution < -0.4 is 14.9 Å². The van der Waals surface area contributed by atoms with Crippen molar-refractivity contribution in [3.63, 3.8) is 0 Å². The van der Waals surface area contributed by atoms with Crippen molar-refractivity contribution in [3.05, 3.63) is 95.9 Å². The van der Waals surface area contributed by atoms with Gasteiger partial charge in [-0.25, -0.2) is 10.2 Å². The molecule has 0 aliphatic heterocycles. The Hall–Kier alpha value is -3.57. The van der Waals surface area contributed by atoms with Crippen molar-refractivity contribution in [3.8, 4) is 11.5 Å². The summed E-state index contributed by atoms with van der Waals surface area (Å²) < 4.78 is 12.1. The molecule has 0 aliphatic carbocycles. The lowest BCUT2D eigenvalue weighted by Gasteiger charge is -2.14. The molecule has 0 spiro atoms. The van der Waals surface area contributed by atoms with Crippen LogP contribution in [0, 0.1) is 17.0 Å². The Bertz CT molecular complexity index is 1360. The molecule has 1 N–H and O–H groups in total. The standard InChI is InChI=1S/C26H23Br2N3O6/c1-15(2)21-9-4-16(3)10-23(21)36-14-24(32)30-29-13-18-11-20(31(34)35)12-22(28)25(18)37-26(33)17-5-7-19(27)8-6-17/h4-13,15H,14H2,1-3H3,(H,30,32)/b29-13+. The van der Waals surface area contributed by atoms with Gasteiger partial charge in [-0.15, -0.1) is 0 Å². The number of carbonyl (C=O) groups is 2. The van der Waals surface area contributed by atoms with Gasteiger partial charge in [-0.1, -0.05) is 41.9 Å². The first-order valence-corrected chi connectivity index (χ1v) is 12.6. The third-order valence-electron chi connectivity index (χ3n) is 5.09. The summed E-state index contributed by atoms with van der Waals surface area (Å²) in [6, 6.07) is 14.7. The first kappa shape index (κ1) is 28.0. The number of nitrogens with zero attached hydrogens (tertiary/aromatic N) is 2. The number of nitro benzene ring substituents is 1. The van der Waals surface area contributed by atoms with E-state index < -0.39 is 16.8 Å². The number of non-ortho nitro benzene ring substituents is 1. The number of benzene rings is 3. The van der Waals surface area contributed by atoms with Gasteiger partial charge in [-0.05, 0) is 70.2 Å². The Labute approximate surface area is 230 Å². The molecule has 0 radical (unpaired) electrons. The largest absolute Gasteiger partial charge is 0.483 e. The Kier molecular flexibility index (Phi) is 9.54. The molecule has 0 fully saturated rings. The summed E-state index contributed by atoms with van der Waals surface area (Å²) in [6.07, 6.45) is 1.16. The van der Waals surface area contributed by atoms with Gasteiger partial charge in [0.15, 0.2) is 12.4 Å². The number of nitrogens with one attached hydrogen (secondary N) is 1. The van der Waals surface area contributed by atoms with E-state index in [1.54, 1.807) is 24.3 Å². The normalized spacial score (nSPS) is 11.0. The van der Waals surface area contributed by atoms with E-state index in [4.69, 9.17) is 9.47 Å². The van der Waals surface area contributed by atoms with Crippen LogP contribution in [0.25, 0.3) is 0 Å². The van der Waals surface area contributed by atoms with Gasteiger partial charge in [0.25, 0.3) is 11.6 Å². The molecule has 0 aromatic heterocycles. The van der Waals surface area contributed by atoms with Crippen LogP contribution in [0.4, 0.5) is 5.69 Å². The van der Waals surface area contributed by atoms with Crippen molar-refractivity contribution in [2.45, 2.75) is 26.7 Å². The van der Waals surface area contributed by atoms with Gasteiger partial charge in [0.2, 0.25) is 0 Å². The molecule has 11 heteroatoms. The van der Waals surface area contributed by atoms with E-state index in [9.17, 15) is 19.7 Å². The highest BCUT2D eigenvalue weighted by Gasteiger charge is 2.19. The number of ether oxygens (including phenoxy) is 2. The fourth-order valence-electron chi connectivity index (χ4n) is 3.24. The van der Waals surface area contributed by atoms with Crippen LogP contribution >= 0.6 is 31.9 Å². The van der Waals surface area contributed by atoms with Crippen molar-refractivity contribution < 1.29 is 24.0 Å². The predicted molar refractivity (Wildman–Crippen MR) is 146 cm³/mol. The molecular formula is C26H23Br2N3O6. The van der Waals surface area contributed by atoms with Crippen LogP contribution in [-0.4, -0.2) is 29.6 Å². The molecule has 192 valence electrons. The average molecular weight is 633 g/mol. The molecule has 3 aromatic carbocycles. The monoisotopic (exact) mass is 631 g/mol. The molecule has 3 rings (SSSR count). The summed E-state index contributed by atoms with van der Waals surface area (Å²) >= 11 is 6.52. The van der Waals surface area contributed by atoms with E-state index in [0.717, 1.165) is 21.8 Å². The van der Waals surface area contributed by atoms with Crippen LogP contribution in [0.5, 0.6) is 11.5 Å². The Morgan fingerprint density at radius 2 is 1.81 bits per heavy atom. The van der Waals surface area contributed by atoms with Crippen molar-refractivity contribution >= 4 is 55.6 Å². The van der Waals surface area contributed by atoms with Crippen LogP contribution in [0.1, 0.15) is 46.8 Å². The zero-order valence-electron chi connectivity index (χ0n) is 20.2.